The van der Waals surface area contributed by atoms with Crippen molar-refractivity contribution in [3.8, 4) is 0 Å². The summed E-state index contributed by atoms with van der Waals surface area (Å²) in [5.74, 6) is -0.431. The lowest BCUT2D eigenvalue weighted by molar-refractivity contribution is -0.120. The quantitative estimate of drug-likeness (QED) is 0.776. The van der Waals surface area contributed by atoms with Crippen LogP contribution in [0.15, 0.2) is 58.3 Å². The van der Waals surface area contributed by atoms with E-state index in [0.29, 0.717) is 12.8 Å². The number of carbonyl (C=O) groups is 1. The third-order valence-electron chi connectivity index (χ3n) is 5.09. The van der Waals surface area contributed by atoms with E-state index in [0.717, 1.165) is 17.5 Å². The van der Waals surface area contributed by atoms with Gasteiger partial charge in [0.2, 0.25) is 15.9 Å². The highest BCUT2D eigenvalue weighted by Crippen LogP contribution is 2.28. The number of sulfone groups is 1. The molecule has 7 nitrogen and oxygen atoms in total. The molecule has 1 fully saturated rings. The molecule has 1 aliphatic heterocycles. The smallest absolute Gasteiger partial charge is 0.244 e. The fraction of sp³-hybridized carbons (Fsp3) is 0.350. The van der Waals surface area contributed by atoms with E-state index in [1.807, 2.05) is 31.2 Å². The van der Waals surface area contributed by atoms with Gasteiger partial charge in [-0.3, -0.25) is 4.79 Å². The summed E-state index contributed by atoms with van der Waals surface area (Å²) in [5.41, 5.74) is 1.70. The Morgan fingerprint density at radius 2 is 1.48 bits per heavy atom. The number of nitrogens with zero attached hydrogens (tertiary/aromatic N) is 1. The predicted octanol–water partition coefficient (Wildman–Crippen LogP) is 2.44. The van der Waals surface area contributed by atoms with Gasteiger partial charge in [0.25, 0.3) is 0 Å². The largest absolute Gasteiger partial charge is 0.326 e. The molecule has 2 aromatic rings. The highest BCUT2D eigenvalue weighted by atomic mass is 32.2. The highest BCUT2D eigenvalue weighted by molar-refractivity contribution is 7.93. The average molecular weight is 437 g/mol. The van der Waals surface area contributed by atoms with E-state index in [1.165, 1.54) is 28.6 Å². The summed E-state index contributed by atoms with van der Waals surface area (Å²) in [7, 11) is -7.66. The number of anilines is 1. The molecule has 1 N–H and O–H groups in total. The van der Waals surface area contributed by atoms with Crippen LogP contribution in [0.4, 0.5) is 5.69 Å². The van der Waals surface area contributed by atoms with E-state index in [2.05, 4.69) is 5.32 Å². The minimum atomic E-state index is -3.97. The van der Waals surface area contributed by atoms with Crippen molar-refractivity contribution < 1.29 is 21.6 Å². The maximum Gasteiger partial charge on any atom is 0.244 e. The number of rotatable bonds is 5. The maximum absolute atomic E-state index is 13.0. The summed E-state index contributed by atoms with van der Waals surface area (Å²) in [6, 6.07) is 13.1. The number of hydrogen-bond donors (Lipinski definition) is 1. The van der Waals surface area contributed by atoms with Crippen molar-refractivity contribution in [2.24, 2.45) is 5.92 Å². The third kappa shape index (κ3) is 4.68. The number of carbonyl (C=O) groups excluding carboxylic acids is 1. The molecule has 0 aliphatic carbocycles. The molecule has 9 heteroatoms. The van der Waals surface area contributed by atoms with Gasteiger partial charge >= 0.3 is 0 Å². The monoisotopic (exact) mass is 436 g/mol. The lowest BCUT2D eigenvalue weighted by atomic mass is 9.97. The molecule has 1 heterocycles. The molecule has 1 amide bonds. The van der Waals surface area contributed by atoms with Gasteiger partial charge in [0.1, 0.15) is 4.90 Å². The molecule has 1 saturated heterocycles. The van der Waals surface area contributed by atoms with Crippen molar-refractivity contribution in [3.63, 3.8) is 0 Å². The Hall–Kier alpha value is -2.23. The van der Waals surface area contributed by atoms with Crippen LogP contribution >= 0.6 is 0 Å². The van der Waals surface area contributed by atoms with E-state index in [9.17, 15) is 21.6 Å². The summed E-state index contributed by atoms with van der Waals surface area (Å²) in [6.07, 6.45) is 1.74. The van der Waals surface area contributed by atoms with Crippen LogP contribution in [0.25, 0.3) is 0 Å². The van der Waals surface area contributed by atoms with Crippen molar-refractivity contribution >= 4 is 31.5 Å². The van der Waals surface area contributed by atoms with Crippen LogP contribution in [0.1, 0.15) is 18.4 Å². The molecule has 0 aromatic heterocycles. The van der Waals surface area contributed by atoms with E-state index >= 15 is 0 Å². The van der Waals surface area contributed by atoms with Crippen LogP contribution in [-0.2, 0) is 24.7 Å². The molecule has 0 spiro atoms. The first kappa shape index (κ1) is 21.5. The van der Waals surface area contributed by atoms with Crippen LogP contribution in [0.5, 0.6) is 0 Å². The minimum absolute atomic E-state index is 0.132. The normalized spacial score (nSPS) is 16.5. The number of hydrogen-bond acceptors (Lipinski definition) is 5. The van der Waals surface area contributed by atoms with Gasteiger partial charge in [-0.1, -0.05) is 30.3 Å². The van der Waals surface area contributed by atoms with Gasteiger partial charge in [-0.15, -0.1) is 0 Å². The highest BCUT2D eigenvalue weighted by Gasteiger charge is 2.34. The first-order valence-corrected chi connectivity index (χ1v) is 12.6. The van der Waals surface area contributed by atoms with Gasteiger partial charge in [-0.2, -0.15) is 4.31 Å². The zero-order chi connectivity index (χ0) is 21.2. The molecule has 29 heavy (non-hydrogen) atoms. The average Bonchev–Trinajstić information content (AvgIpc) is 2.69. The zero-order valence-electron chi connectivity index (χ0n) is 16.3. The second kappa shape index (κ2) is 8.25. The Kier molecular flexibility index (Phi) is 6.11. The summed E-state index contributed by atoms with van der Waals surface area (Å²) >= 11 is 0. The molecule has 3 rings (SSSR count). The maximum atomic E-state index is 13.0. The van der Waals surface area contributed by atoms with Crippen LogP contribution in [0.3, 0.4) is 0 Å². The number of piperidine rings is 1. The van der Waals surface area contributed by atoms with Crippen molar-refractivity contribution in [2.75, 3.05) is 24.7 Å². The Morgan fingerprint density at radius 1 is 0.931 bits per heavy atom. The fourth-order valence-corrected chi connectivity index (χ4v) is 6.49. The SMILES string of the molecule is Cc1ccccc1NC(=O)C1CCN(S(=O)(=O)c2ccccc2S(C)(=O)=O)CC1. The lowest BCUT2D eigenvalue weighted by Crippen LogP contribution is -2.41. The van der Waals surface area contributed by atoms with Gasteiger partial charge in [0.15, 0.2) is 9.84 Å². The van der Waals surface area contributed by atoms with Gasteiger partial charge in [-0.05, 0) is 43.5 Å². The van der Waals surface area contributed by atoms with E-state index in [1.54, 1.807) is 0 Å². The first-order chi connectivity index (χ1) is 13.6. The molecular formula is C20H24N2O5S2. The summed E-state index contributed by atoms with van der Waals surface area (Å²) < 4.78 is 51.3. The van der Waals surface area contributed by atoms with E-state index in [4.69, 9.17) is 0 Å². The summed E-state index contributed by atoms with van der Waals surface area (Å²) in [6.45, 7) is 2.22. The fourth-order valence-electron chi connectivity index (χ4n) is 3.41. The number of benzene rings is 2. The molecule has 2 aromatic carbocycles. The van der Waals surface area contributed by atoms with Crippen LogP contribution < -0.4 is 5.32 Å². The van der Waals surface area contributed by atoms with Gasteiger partial charge < -0.3 is 5.32 Å². The molecule has 0 bridgehead atoms. The van der Waals surface area contributed by atoms with Crippen molar-refractivity contribution in [1.82, 2.24) is 4.31 Å². The summed E-state index contributed by atoms with van der Waals surface area (Å²) in [4.78, 5) is 12.1. The molecule has 0 saturated carbocycles. The number of para-hydroxylation sites is 1. The minimum Gasteiger partial charge on any atom is -0.326 e. The molecule has 1 aliphatic rings. The Morgan fingerprint density at radius 3 is 2.07 bits per heavy atom. The van der Waals surface area contributed by atoms with Crippen molar-refractivity contribution in [2.45, 2.75) is 29.6 Å². The number of sulfonamides is 1. The van der Waals surface area contributed by atoms with Crippen molar-refractivity contribution in [1.29, 1.82) is 0 Å². The Balaban J connectivity index is 1.72. The van der Waals surface area contributed by atoms with Gasteiger partial charge in [0.05, 0.1) is 4.90 Å². The topological polar surface area (TPSA) is 101 Å². The van der Waals surface area contributed by atoms with Crippen LogP contribution in [0, 0.1) is 12.8 Å². The lowest BCUT2D eigenvalue weighted by Gasteiger charge is -2.31. The molecule has 0 unspecified atom stereocenters. The predicted molar refractivity (Wildman–Crippen MR) is 111 cm³/mol. The second-order valence-corrected chi connectivity index (χ2v) is 11.1. The van der Waals surface area contributed by atoms with Crippen LogP contribution in [0.2, 0.25) is 0 Å². The molecule has 0 atom stereocenters. The number of aryl methyl sites for hydroxylation is 1. The standard InChI is InChI=1S/C20H24N2O5S2/c1-15-7-3-4-8-17(15)21-20(23)16-11-13-22(14-12-16)29(26,27)19-10-6-5-9-18(19)28(2,24)25/h3-10,16H,11-14H2,1-2H3,(H,21,23). The second-order valence-electron chi connectivity index (χ2n) is 7.20. The zero-order valence-corrected chi connectivity index (χ0v) is 18.0. The Labute approximate surface area is 171 Å². The third-order valence-corrected chi connectivity index (χ3v) is 8.34. The first-order valence-electron chi connectivity index (χ1n) is 9.26. The van der Waals surface area contributed by atoms with E-state index in [-0.39, 0.29) is 34.7 Å². The van der Waals surface area contributed by atoms with Gasteiger partial charge in [-0.25, -0.2) is 16.8 Å². The molecule has 156 valence electrons. The van der Waals surface area contributed by atoms with E-state index < -0.39 is 19.9 Å². The van der Waals surface area contributed by atoms with Crippen LogP contribution in [-0.4, -0.2) is 46.4 Å². The molecule has 0 radical (unpaired) electrons. The van der Waals surface area contributed by atoms with Crippen molar-refractivity contribution in [3.05, 3.63) is 54.1 Å². The molecular weight excluding hydrogens is 412 g/mol. The summed E-state index contributed by atoms with van der Waals surface area (Å²) in [5, 5.41) is 2.91. The Bertz CT molecular complexity index is 1120. The number of amides is 1. The number of nitrogens with one attached hydrogen (secondary N) is 1. The van der Waals surface area contributed by atoms with Gasteiger partial charge in [0, 0.05) is 31.0 Å².